The number of phenols is 1. The SMILES string of the molecule is COC(=O)c1ccccc1N.COc1ccc(C(=O)c2ccccc2)c(O)c1. The molecule has 0 saturated heterocycles. The van der Waals surface area contributed by atoms with E-state index in [-0.39, 0.29) is 17.1 Å². The van der Waals surface area contributed by atoms with E-state index in [9.17, 15) is 14.7 Å². The number of anilines is 1. The molecule has 3 aromatic carbocycles. The molecular weight excluding hydrogens is 358 g/mol. The van der Waals surface area contributed by atoms with E-state index in [0.29, 0.717) is 22.6 Å². The number of ether oxygens (including phenoxy) is 2. The molecule has 0 amide bonds. The van der Waals surface area contributed by atoms with Crippen molar-refractivity contribution in [1.29, 1.82) is 0 Å². The summed E-state index contributed by atoms with van der Waals surface area (Å²) in [6.45, 7) is 0. The molecule has 0 fully saturated rings. The van der Waals surface area contributed by atoms with E-state index in [1.807, 2.05) is 6.07 Å². The molecule has 0 spiro atoms. The van der Waals surface area contributed by atoms with E-state index in [1.54, 1.807) is 60.7 Å². The van der Waals surface area contributed by atoms with Crippen LogP contribution in [0.2, 0.25) is 0 Å². The molecule has 0 radical (unpaired) electrons. The standard InChI is InChI=1S/C14H12O3.C8H9NO2/c1-17-11-7-8-12(13(15)9-11)14(16)10-5-3-2-4-6-10;1-11-8(10)6-4-2-3-5-7(6)9/h2-9,15H,1H3;2-5H,9H2,1H3. The number of carbonyl (C=O) groups is 2. The van der Waals surface area contributed by atoms with Gasteiger partial charge in [0.15, 0.2) is 5.78 Å². The highest BCUT2D eigenvalue weighted by Crippen LogP contribution is 2.25. The number of hydrogen-bond donors (Lipinski definition) is 2. The summed E-state index contributed by atoms with van der Waals surface area (Å²) in [5.41, 5.74) is 7.18. The van der Waals surface area contributed by atoms with Crippen LogP contribution in [0.3, 0.4) is 0 Å². The quantitative estimate of drug-likeness (QED) is 0.407. The molecule has 0 aliphatic carbocycles. The van der Waals surface area contributed by atoms with Crippen molar-refractivity contribution in [3.8, 4) is 11.5 Å². The second-order valence-corrected chi connectivity index (χ2v) is 5.66. The number of nitrogen functional groups attached to an aromatic ring is 1. The maximum absolute atomic E-state index is 12.1. The number of aromatic hydroxyl groups is 1. The number of nitrogens with two attached hydrogens (primary N) is 1. The molecule has 6 heteroatoms. The number of hydrogen-bond acceptors (Lipinski definition) is 6. The van der Waals surface area contributed by atoms with Crippen LogP contribution in [-0.2, 0) is 4.74 Å². The summed E-state index contributed by atoms with van der Waals surface area (Å²) < 4.78 is 9.46. The van der Waals surface area contributed by atoms with Gasteiger partial charge in [-0.15, -0.1) is 0 Å². The van der Waals surface area contributed by atoms with Gasteiger partial charge in [0.25, 0.3) is 0 Å². The Labute approximate surface area is 163 Å². The fourth-order valence-electron chi connectivity index (χ4n) is 2.37. The van der Waals surface area contributed by atoms with Gasteiger partial charge in [0, 0.05) is 17.3 Å². The third-order valence-electron chi connectivity index (χ3n) is 3.85. The van der Waals surface area contributed by atoms with Gasteiger partial charge in [-0.3, -0.25) is 4.79 Å². The van der Waals surface area contributed by atoms with Crippen LogP contribution in [0.4, 0.5) is 5.69 Å². The average Bonchev–Trinajstić information content (AvgIpc) is 2.74. The summed E-state index contributed by atoms with van der Waals surface area (Å²) in [5, 5.41) is 9.75. The number of esters is 1. The normalized spacial score (nSPS) is 9.64. The number of ketones is 1. The lowest BCUT2D eigenvalue weighted by molar-refractivity contribution is 0.0602. The number of phenolic OH excluding ortho intramolecular Hbond substituents is 1. The fourth-order valence-corrected chi connectivity index (χ4v) is 2.37. The summed E-state index contributed by atoms with van der Waals surface area (Å²) >= 11 is 0. The number of carbonyl (C=O) groups excluding carboxylic acids is 2. The van der Waals surface area contributed by atoms with Crippen molar-refractivity contribution in [2.45, 2.75) is 0 Å². The van der Waals surface area contributed by atoms with Crippen molar-refractivity contribution in [3.63, 3.8) is 0 Å². The molecule has 0 aliphatic heterocycles. The highest BCUT2D eigenvalue weighted by atomic mass is 16.5. The van der Waals surface area contributed by atoms with Gasteiger partial charge in [0.2, 0.25) is 0 Å². The summed E-state index contributed by atoms with van der Waals surface area (Å²) in [6, 6.07) is 20.3. The van der Waals surface area contributed by atoms with Crippen molar-refractivity contribution in [3.05, 3.63) is 89.5 Å². The van der Waals surface area contributed by atoms with Crippen LogP contribution in [0.25, 0.3) is 0 Å². The lowest BCUT2D eigenvalue weighted by Crippen LogP contribution is -2.04. The van der Waals surface area contributed by atoms with Crippen LogP contribution in [-0.4, -0.2) is 31.1 Å². The topological polar surface area (TPSA) is 98.9 Å². The summed E-state index contributed by atoms with van der Waals surface area (Å²) in [4.78, 5) is 23.0. The molecule has 144 valence electrons. The first-order valence-corrected chi connectivity index (χ1v) is 8.37. The highest BCUT2D eigenvalue weighted by Gasteiger charge is 2.13. The molecular formula is C22H21NO5. The molecule has 0 saturated carbocycles. The largest absolute Gasteiger partial charge is 0.507 e. The Morgan fingerprint density at radius 1 is 0.857 bits per heavy atom. The lowest BCUT2D eigenvalue weighted by atomic mass is 10.0. The fraction of sp³-hybridized carbons (Fsp3) is 0.0909. The Morgan fingerprint density at radius 3 is 2.07 bits per heavy atom. The molecule has 3 N–H and O–H groups in total. The molecule has 0 aromatic heterocycles. The van der Waals surface area contributed by atoms with Gasteiger partial charge < -0.3 is 20.3 Å². The van der Waals surface area contributed by atoms with Gasteiger partial charge in [0.1, 0.15) is 11.5 Å². The average molecular weight is 379 g/mol. The van der Waals surface area contributed by atoms with E-state index >= 15 is 0 Å². The van der Waals surface area contributed by atoms with Crippen molar-refractivity contribution < 1.29 is 24.2 Å². The van der Waals surface area contributed by atoms with E-state index in [0.717, 1.165) is 0 Å². The van der Waals surface area contributed by atoms with Crippen LogP contribution in [0.1, 0.15) is 26.3 Å². The zero-order chi connectivity index (χ0) is 20.5. The van der Waals surface area contributed by atoms with Crippen LogP contribution in [0, 0.1) is 0 Å². The minimum absolute atomic E-state index is 0.0711. The second-order valence-electron chi connectivity index (χ2n) is 5.66. The third kappa shape index (κ3) is 5.11. The van der Waals surface area contributed by atoms with Crippen LogP contribution in [0.15, 0.2) is 72.8 Å². The van der Waals surface area contributed by atoms with Gasteiger partial charge in [-0.1, -0.05) is 42.5 Å². The molecule has 0 aliphatic rings. The zero-order valence-electron chi connectivity index (χ0n) is 15.6. The second kappa shape index (κ2) is 9.78. The maximum Gasteiger partial charge on any atom is 0.339 e. The van der Waals surface area contributed by atoms with E-state index in [1.165, 1.54) is 20.3 Å². The van der Waals surface area contributed by atoms with E-state index in [4.69, 9.17) is 10.5 Å². The van der Waals surface area contributed by atoms with Crippen LogP contribution < -0.4 is 10.5 Å². The first-order valence-electron chi connectivity index (χ1n) is 8.37. The molecule has 6 nitrogen and oxygen atoms in total. The zero-order valence-corrected chi connectivity index (χ0v) is 15.6. The number of methoxy groups -OCH3 is 2. The van der Waals surface area contributed by atoms with Crippen molar-refractivity contribution in [2.75, 3.05) is 20.0 Å². The van der Waals surface area contributed by atoms with Gasteiger partial charge in [-0.2, -0.15) is 0 Å². The first kappa shape index (κ1) is 20.5. The van der Waals surface area contributed by atoms with Gasteiger partial charge in [0.05, 0.1) is 25.3 Å². The van der Waals surface area contributed by atoms with Crippen LogP contribution >= 0.6 is 0 Å². The third-order valence-corrected chi connectivity index (χ3v) is 3.85. The summed E-state index contributed by atoms with van der Waals surface area (Å²) in [7, 11) is 2.84. The number of benzene rings is 3. The van der Waals surface area contributed by atoms with Crippen LogP contribution in [0.5, 0.6) is 11.5 Å². The number of para-hydroxylation sites is 1. The van der Waals surface area contributed by atoms with E-state index in [2.05, 4.69) is 4.74 Å². The molecule has 3 rings (SSSR count). The first-order chi connectivity index (χ1) is 13.5. The molecule has 3 aromatic rings. The Morgan fingerprint density at radius 2 is 1.50 bits per heavy atom. The summed E-state index contributed by atoms with van der Waals surface area (Å²) in [6.07, 6.45) is 0. The van der Waals surface area contributed by atoms with Gasteiger partial charge >= 0.3 is 5.97 Å². The number of rotatable bonds is 4. The molecule has 0 bridgehead atoms. The van der Waals surface area contributed by atoms with Crippen molar-refractivity contribution >= 4 is 17.4 Å². The van der Waals surface area contributed by atoms with E-state index < -0.39 is 5.97 Å². The van der Waals surface area contributed by atoms with Gasteiger partial charge in [-0.25, -0.2) is 4.79 Å². The monoisotopic (exact) mass is 379 g/mol. The molecule has 28 heavy (non-hydrogen) atoms. The molecule has 0 atom stereocenters. The molecule has 0 unspecified atom stereocenters. The lowest BCUT2D eigenvalue weighted by Gasteiger charge is -2.06. The Kier molecular flexibility index (Phi) is 7.16. The van der Waals surface area contributed by atoms with Gasteiger partial charge in [-0.05, 0) is 24.3 Å². The molecule has 0 heterocycles. The minimum Gasteiger partial charge on any atom is -0.507 e. The summed E-state index contributed by atoms with van der Waals surface area (Å²) in [5.74, 6) is -0.154. The van der Waals surface area contributed by atoms with Crippen molar-refractivity contribution in [1.82, 2.24) is 0 Å². The smallest absolute Gasteiger partial charge is 0.339 e. The highest BCUT2D eigenvalue weighted by molar-refractivity contribution is 6.10. The Balaban J connectivity index is 0.000000221. The Hall–Kier alpha value is -3.80. The predicted octanol–water partition coefficient (Wildman–Crippen LogP) is 3.69. The minimum atomic E-state index is -0.400. The Bertz CT molecular complexity index is 954. The predicted molar refractivity (Wildman–Crippen MR) is 107 cm³/mol. The maximum atomic E-state index is 12.1. The van der Waals surface area contributed by atoms with Crippen molar-refractivity contribution in [2.24, 2.45) is 0 Å².